The molecule has 0 aliphatic carbocycles. The molecule has 1 aromatic carbocycles. The molecule has 3 rings (SSSR count). The van der Waals surface area contributed by atoms with Crippen molar-refractivity contribution in [3.63, 3.8) is 0 Å². The fourth-order valence-corrected chi connectivity index (χ4v) is 2.07. The molecule has 1 aliphatic heterocycles. The standard InChI is InChI=1S/C12H12N4O/c13-10-6-11(17)16-12(15-10)8-1-2-9-7(5-8)3-4-14-9/h1-2,5-6,14H,3-4H2,(H3,13,15,16,17). The molecule has 0 fully saturated rings. The molecule has 17 heavy (non-hydrogen) atoms. The number of rotatable bonds is 1. The zero-order valence-electron chi connectivity index (χ0n) is 9.16. The van der Waals surface area contributed by atoms with E-state index < -0.39 is 0 Å². The van der Waals surface area contributed by atoms with Crippen molar-refractivity contribution in [1.82, 2.24) is 9.97 Å². The molecule has 2 aromatic rings. The number of H-pyrrole nitrogens is 1. The quantitative estimate of drug-likeness (QED) is 0.679. The maximum absolute atomic E-state index is 11.3. The predicted octanol–water partition coefficient (Wildman–Crippen LogP) is 0.987. The zero-order valence-corrected chi connectivity index (χ0v) is 9.16. The van der Waals surface area contributed by atoms with Gasteiger partial charge in [-0.2, -0.15) is 0 Å². The Bertz CT molecular complexity index is 633. The number of nitrogens with two attached hydrogens (primary N) is 1. The van der Waals surface area contributed by atoms with E-state index in [2.05, 4.69) is 15.3 Å². The van der Waals surface area contributed by atoms with Gasteiger partial charge in [0.15, 0.2) is 0 Å². The first-order chi connectivity index (χ1) is 8.22. The van der Waals surface area contributed by atoms with E-state index in [9.17, 15) is 4.79 Å². The number of nitrogen functional groups attached to an aromatic ring is 1. The van der Waals surface area contributed by atoms with Gasteiger partial charge in [-0.05, 0) is 30.2 Å². The van der Waals surface area contributed by atoms with Crippen LogP contribution in [-0.2, 0) is 6.42 Å². The van der Waals surface area contributed by atoms with Gasteiger partial charge in [0.25, 0.3) is 5.56 Å². The van der Waals surface area contributed by atoms with Crippen LogP contribution in [0, 0.1) is 0 Å². The maximum Gasteiger partial charge on any atom is 0.253 e. The van der Waals surface area contributed by atoms with Crippen LogP contribution in [0.2, 0.25) is 0 Å². The summed E-state index contributed by atoms with van der Waals surface area (Å²) in [6, 6.07) is 7.24. The van der Waals surface area contributed by atoms with Crippen molar-refractivity contribution in [2.75, 3.05) is 17.6 Å². The van der Waals surface area contributed by atoms with Gasteiger partial charge in [-0.15, -0.1) is 0 Å². The number of aromatic nitrogens is 2. The lowest BCUT2D eigenvalue weighted by atomic mass is 10.1. The van der Waals surface area contributed by atoms with Crippen LogP contribution in [0.1, 0.15) is 5.56 Å². The van der Waals surface area contributed by atoms with Crippen LogP contribution in [0.25, 0.3) is 11.4 Å². The van der Waals surface area contributed by atoms with E-state index >= 15 is 0 Å². The van der Waals surface area contributed by atoms with Crippen LogP contribution in [0.15, 0.2) is 29.1 Å². The van der Waals surface area contributed by atoms with Crippen molar-refractivity contribution in [1.29, 1.82) is 0 Å². The van der Waals surface area contributed by atoms with Gasteiger partial charge in [-0.1, -0.05) is 0 Å². The third-order valence-corrected chi connectivity index (χ3v) is 2.85. The fourth-order valence-electron chi connectivity index (χ4n) is 2.07. The van der Waals surface area contributed by atoms with Crippen LogP contribution in [0.3, 0.4) is 0 Å². The van der Waals surface area contributed by atoms with Crippen LogP contribution >= 0.6 is 0 Å². The van der Waals surface area contributed by atoms with Gasteiger partial charge in [0.2, 0.25) is 0 Å². The van der Waals surface area contributed by atoms with E-state index in [1.807, 2.05) is 18.2 Å². The Morgan fingerprint density at radius 2 is 2.18 bits per heavy atom. The topological polar surface area (TPSA) is 83.8 Å². The highest BCUT2D eigenvalue weighted by Gasteiger charge is 2.11. The average molecular weight is 228 g/mol. The van der Waals surface area contributed by atoms with Crippen LogP contribution in [-0.4, -0.2) is 16.5 Å². The number of benzene rings is 1. The molecule has 86 valence electrons. The highest BCUT2D eigenvalue weighted by molar-refractivity contribution is 5.66. The minimum Gasteiger partial charge on any atom is -0.384 e. The lowest BCUT2D eigenvalue weighted by Gasteiger charge is -2.04. The lowest BCUT2D eigenvalue weighted by Crippen LogP contribution is -2.09. The van der Waals surface area contributed by atoms with Crippen molar-refractivity contribution in [2.24, 2.45) is 0 Å². The molecule has 0 saturated heterocycles. The van der Waals surface area contributed by atoms with Crippen molar-refractivity contribution in [3.05, 3.63) is 40.2 Å². The molecular formula is C12H12N4O. The van der Waals surface area contributed by atoms with E-state index in [4.69, 9.17) is 5.73 Å². The molecule has 0 saturated carbocycles. The van der Waals surface area contributed by atoms with Gasteiger partial charge in [-0.25, -0.2) is 4.98 Å². The maximum atomic E-state index is 11.3. The molecule has 5 nitrogen and oxygen atoms in total. The van der Waals surface area contributed by atoms with Gasteiger partial charge in [0, 0.05) is 23.9 Å². The largest absolute Gasteiger partial charge is 0.384 e. The number of nitrogens with one attached hydrogen (secondary N) is 2. The van der Waals surface area contributed by atoms with Crippen molar-refractivity contribution in [2.45, 2.75) is 6.42 Å². The van der Waals surface area contributed by atoms with Gasteiger partial charge < -0.3 is 16.0 Å². The number of hydrogen-bond acceptors (Lipinski definition) is 4. The summed E-state index contributed by atoms with van der Waals surface area (Å²) in [5.74, 6) is 0.757. The van der Waals surface area contributed by atoms with E-state index in [-0.39, 0.29) is 11.4 Å². The Kier molecular flexibility index (Phi) is 2.11. The van der Waals surface area contributed by atoms with Crippen LogP contribution in [0.4, 0.5) is 11.5 Å². The van der Waals surface area contributed by atoms with Crippen molar-refractivity contribution < 1.29 is 0 Å². The summed E-state index contributed by atoms with van der Waals surface area (Å²) in [5.41, 5.74) is 8.62. The molecule has 0 spiro atoms. The highest BCUT2D eigenvalue weighted by Crippen LogP contribution is 2.26. The lowest BCUT2D eigenvalue weighted by molar-refractivity contribution is 1.10. The summed E-state index contributed by atoms with van der Waals surface area (Å²) in [4.78, 5) is 18.2. The predicted molar refractivity (Wildman–Crippen MR) is 66.9 cm³/mol. The van der Waals surface area contributed by atoms with Gasteiger partial charge in [-0.3, -0.25) is 4.79 Å². The Labute approximate surface area is 97.7 Å². The second-order valence-electron chi connectivity index (χ2n) is 4.07. The van der Waals surface area contributed by atoms with Crippen molar-refractivity contribution >= 4 is 11.5 Å². The molecule has 2 heterocycles. The molecule has 0 amide bonds. The summed E-state index contributed by atoms with van der Waals surface area (Å²) < 4.78 is 0. The highest BCUT2D eigenvalue weighted by atomic mass is 16.1. The summed E-state index contributed by atoms with van der Waals surface area (Å²) in [6.45, 7) is 0.958. The number of aromatic amines is 1. The first-order valence-electron chi connectivity index (χ1n) is 5.46. The second kappa shape index (κ2) is 3.62. The first-order valence-corrected chi connectivity index (χ1v) is 5.46. The number of anilines is 2. The number of nitrogens with zero attached hydrogens (tertiary/aromatic N) is 1. The number of hydrogen-bond donors (Lipinski definition) is 3. The molecule has 5 heteroatoms. The first kappa shape index (κ1) is 9.89. The second-order valence-corrected chi connectivity index (χ2v) is 4.07. The third kappa shape index (κ3) is 1.75. The molecule has 1 aromatic heterocycles. The molecule has 0 atom stereocenters. The van der Waals surface area contributed by atoms with E-state index in [0.29, 0.717) is 5.82 Å². The Morgan fingerprint density at radius 1 is 1.29 bits per heavy atom. The van der Waals surface area contributed by atoms with E-state index in [1.165, 1.54) is 11.6 Å². The Morgan fingerprint density at radius 3 is 3.00 bits per heavy atom. The third-order valence-electron chi connectivity index (χ3n) is 2.85. The summed E-state index contributed by atoms with van der Waals surface area (Å²) in [6.07, 6.45) is 0.996. The normalized spacial score (nSPS) is 13.2. The smallest absolute Gasteiger partial charge is 0.253 e. The van der Waals surface area contributed by atoms with E-state index in [0.717, 1.165) is 24.2 Å². The zero-order chi connectivity index (χ0) is 11.8. The van der Waals surface area contributed by atoms with Gasteiger partial charge in [0.05, 0.1) is 0 Å². The molecule has 0 radical (unpaired) electrons. The fraction of sp³-hybridized carbons (Fsp3) is 0.167. The Hall–Kier alpha value is -2.30. The number of fused-ring (bicyclic) bond motifs is 1. The van der Waals surface area contributed by atoms with Crippen LogP contribution < -0.4 is 16.6 Å². The van der Waals surface area contributed by atoms with E-state index in [1.54, 1.807) is 0 Å². The van der Waals surface area contributed by atoms with Crippen molar-refractivity contribution in [3.8, 4) is 11.4 Å². The average Bonchev–Trinajstić information content (AvgIpc) is 2.74. The molecule has 0 bridgehead atoms. The summed E-state index contributed by atoms with van der Waals surface area (Å²) >= 11 is 0. The van der Waals surface area contributed by atoms with Gasteiger partial charge in [0.1, 0.15) is 11.6 Å². The minimum absolute atomic E-state index is 0.230. The molecule has 4 N–H and O–H groups in total. The molecular weight excluding hydrogens is 216 g/mol. The summed E-state index contributed by atoms with van der Waals surface area (Å²) in [5, 5.41) is 3.28. The molecule has 0 unspecified atom stereocenters. The van der Waals surface area contributed by atoms with Crippen LogP contribution in [0.5, 0.6) is 0 Å². The summed E-state index contributed by atoms with van der Waals surface area (Å²) in [7, 11) is 0. The Balaban J connectivity index is 2.12. The SMILES string of the molecule is Nc1cc(=O)[nH]c(-c2ccc3c(c2)CCN3)n1. The van der Waals surface area contributed by atoms with Gasteiger partial charge >= 0.3 is 0 Å². The monoisotopic (exact) mass is 228 g/mol. The minimum atomic E-state index is -0.230. The molecule has 1 aliphatic rings.